The van der Waals surface area contributed by atoms with Crippen molar-refractivity contribution in [3.63, 3.8) is 0 Å². The molecule has 0 unspecified atom stereocenters. The van der Waals surface area contributed by atoms with Crippen molar-refractivity contribution in [2.24, 2.45) is 5.73 Å². The van der Waals surface area contributed by atoms with Crippen LogP contribution in [0.4, 0.5) is 11.4 Å². The summed E-state index contributed by atoms with van der Waals surface area (Å²) >= 11 is 0. The van der Waals surface area contributed by atoms with E-state index in [-0.39, 0.29) is 12.3 Å². The van der Waals surface area contributed by atoms with E-state index < -0.39 is 5.91 Å². The summed E-state index contributed by atoms with van der Waals surface area (Å²) in [6, 6.07) is 5.57. The van der Waals surface area contributed by atoms with Crippen molar-refractivity contribution in [1.29, 1.82) is 0 Å². The number of hydrogen-bond acceptors (Lipinski definition) is 6. The molecule has 1 atom stereocenters. The zero-order valence-corrected chi connectivity index (χ0v) is 16.2. The van der Waals surface area contributed by atoms with Crippen LogP contribution in [0.5, 0.6) is 0 Å². The van der Waals surface area contributed by atoms with Gasteiger partial charge in [0.15, 0.2) is 0 Å². The van der Waals surface area contributed by atoms with Crippen LogP contribution in [0.15, 0.2) is 36.9 Å². The molecule has 2 aromatic heterocycles. The van der Waals surface area contributed by atoms with Crippen molar-refractivity contribution < 1.29 is 9.59 Å². The average molecular weight is 393 g/mol. The van der Waals surface area contributed by atoms with E-state index in [1.165, 1.54) is 17.3 Å². The van der Waals surface area contributed by atoms with Gasteiger partial charge in [0.25, 0.3) is 5.78 Å². The van der Waals surface area contributed by atoms with Gasteiger partial charge in [0.05, 0.1) is 17.8 Å². The minimum absolute atomic E-state index is 0.124. The first-order chi connectivity index (χ1) is 14.0. The van der Waals surface area contributed by atoms with Gasteiger partial charge in [-0.1, -0.05) is 0 Å². The molecule has 150 valence electrons. The van der Waals surface area contributed by atoms with Crippen LogP contribution in [0.2, 0.25) is 0 Å². The first-order valence-electron chi connectivity index (χ1n) is 9.66. The zero-order valence-electron chi connectivity index (χ0n) is 16.2. The third-order valence-electron chi connectivity index (χ3n) is 5.22. The van der Waals surface area contributed by atoms with Gasteiger partial charge in [-0.2, -0.15) is 10.1 Å². The number of primary amides is 1. The largest absolute Gasteiger partial charge is 0.367 e. The second-order valence-electron chi connectivity index (χ2n) is 7.33. The van der Waals surface area contributed by atoms with Crippen LogP contribution in [0, 0.1) is 0 Å². The highest BCUT2D eigenvalue weighted by Gasteiger charge is 2.22. The quantitative estimate of drug-likeness (QED) is 0.682. The molecular formula is C20H23N7O2. The van der Waals surface area contributed by atoms with Crippen LogP contribution in [0.3, 0.4) is 0 Å². The highest BCUT2D eigenvalue weighted by atomic mass is 16.2. The number of nitrogens with zero attached hydrogens (tertiary/aromatic N) is 5. The van der Waals surface area contributed by atoms with Crippen LogP contribution in [-0.4, -0.2) is 44.0 Å². The van der Waals surface area contributed by atoms with E-state index in [0.717, 1.165) is 25.1 Å². The summed E-state index contributed by atoms with van der Waals surface area (Å²) < 4.78 is 1.52. The van der Waals surface area contributed by atoms with Crippen LogP contribution in [-0.2, 0) is 11.2 Å². The number of carbonyl (C=O) groups excluding carboxylic acids is 2. The minimum Gasteiger partial charge on any atom is -0.367 e. The van der Waals surface area contributed by atoms with Gasteiger partial charge in [0.2, 0.25) is 11.8 Å². The van der Waals surface area contributed by atoms with E-state index in [4.69, 9.17) is 5.73 Å². The van der Waals surface area contributed by atoms with E-state index in [0.29, 0.717) is 28.6 Å². The van der Waals surface area contributed by atoms with Crippen LogP contribution >= 0.6 is 0 Å². The molecule has 1 saturated heterocycles. The summed E-state index contributed by atoms with van der Waals surface area (Å²) in [5, 5.41) is 6.99. The van der Waals surface area contributed by atoms with E-state index in [2.05, 4.69) is 32.2 Å². The molecule has 0 spiro atoms. The number of nitrogens with one attached hydrogen (secondary N) is 1. The van der Waals surface area contributed by atoms with Crippen molar-refractivity contribution in [2.75, 3.05) is 16.8 Å². The van der Waals surface area contributed by atoms with Crippen molar-refractivity contribution >= 4 is 29.0 Å². The fourth-order valence-corrected chi connectivity index (χ4v) is 3.73. The zero-order chi connectivity index (χ0) is 20.4. The number of fused-ring (bicyclic) bond motifs is 1. The summed E-state index contributed by atoms with van der Waals surface area (Å²) in [6.45, 7) is 3.08. The Labute approximate surface area is 167 Å². The fraction of sp³-hybridized carbons (Fsp3) is 0.350. The molecule has 1 fully saturated rings. The van der Waals surface area contributed by atoms with E-state index in [1.807, 2.05) is 6.07 Å². The Balaban J connectivity index is 1.58. The Kier molecular flexibility index (Phi) is 5.11. The molecule has 3 N–H and O–H groups in total. The normalized spacial score (nSPS) is 16.7. The number of rotatable bonds is 5. The topological polar surface area (TPSA) is 119 Å². The van der Waals surface area contributed by atoms with Gasteiger partial charge < -0.3 is 16.0 Å². The number of amides is 2. The molecule has 0 aliphatic carbocycles. The van der Waals surface area contributed by atoms with Gasteiger partial charge in [-0.3, -0.25) is 9.59 Å². The lowest BCUT2D eigenvalue weighted by Crippen LogP contribution is -2.38. The van der Waals surface area contributed by atoms with Gasteiger partial charge in [-0.15, -0.1) is 0 Å². The number of anilines is 2. The van der Waals surface area contributed by atoms with Gasteiger partial charge in [0, 0.05) is 30.5 Å². The second kappa shape index (κ2) is 7.86. The second-order valence-corrected chi connectivity index (χ2v) is 7.33. The van der Waals surface area contributed by atoms with E-state index in [1.54, 1.807) is 24.5 Å². The molecular weight excluding hydrogens is 370 g/mol. The minimum atomic E-state index is -0.528. The van der Waals surface area contributed by atoms with Crippen molar-refractivity contribution in [1.82, 2.24) is 19.6 Å². The van der Waals surface area contributed by atoms with E-state index in [9.17, 15) is 9.59 Å². The Morgan fingerprint density at radius 3 is 2.93 bits per heavy atom. The predicted molar refractivity (Wildman–Crippen MR) is 109 cm³/mol. The van der Waals surface area contributed by atoms with Gasteiger partial charge in [-0.25, -0.2) is 9.50 Å². The number of hydrogen-bond donors (Lipinski definition) is 2. The lowest BCUT2D eigenvalue weighted by atomic mass is 10.0. The average Bonchev–Trinajstić information content (AvgIpc) is 3.16. The number of nitrogens with two attached hydrogens (primary N) is 1. The molecule has 9 nitrogen and oxygen atoms in total. The molecule has 1 aliphatic heterocycles. The van der Waals surface area contributed by atoms with Crippen molar-refractivity contribution in [3.05, 3.63) is 48.0 Å². The molecule has 2 amide bonds. The Bertz CT molecular complexity index is 1060. The third-order valence-corrected chi connectivity index (χ3v) is 5.22. The molecule has 0 saturated carbocycles. The predicted octanol–water partition coefficient (Wildman–Crippen LogP) is 1.78. The lowest BCUT2D eigenvalue weighted by molar-refractivity contribution is -0.115. The standard InChI is InChI=1S/C20H23N7O2/c1-13-4-2-3-7-26(13)17-6-5-15(19(21)29)9-16(17)25-18(28)8-14-10-22-20-23-12-24-27(20)11-14/h5-6,9-13H,2-4,7-8H2,1H3,(H2,21,29)(H,25,28)/t13-/m1/s1. The number of carbonyl (C=O) groups is 2. The first kappa shape index (κ1) is 18.9. The molecule has 1 aliphatic rings. The van der Waals surface area contributed by atoms with Crippen molar-refractivity contribution in [2.45, 2.75) is 38.6 Å². The summed E-state index contributed by atoms with van der Waals surface area (Å²) in [6.07, 6.45) is 8.25. The molecule has 9 heteroatoms. The first-order valence-corrected chi connectivity index (χ1v) is 9.66. The van der Waals surface area contributed by atoms with Gasteiger partial charge >= 0.3 is 0 Å². The maximum absolute atomic E-state index is 12.7. The smallest absolute Gasteiger partial charge is 0.252 e. The van der Waals surface area contributed by atoms with Gasteiger partial charge in [0.1, 0.15) is 6.33 Å². The summed E-state index contributed by atoms with van der Waals surface area (Å²) in [5.41, 5.74) is 8.01. The number of piperidine rings is 1. The van der Waals surface area contributed by atoms with Crippen molar-refractivity contribution in [3.8, 4) is 0 Å². The highest BCUT2D eigenvalue weighted by molar-refractivity contribution is 5.99. The fourth-order valence-electron chi connectivity index (χ4n) is 3.73. The molecule has 0 radical (unpaired) electrons. The molecule has 3 aromatic rings. The van der Waals surface area contributed by atoms with E-state index >= 15 is 0 Å². The van der Waals surface area contributed by atoms with Crippen LogP contribution < -0.4 is 16.0 Å². The molecule has 4 rings (SSSR count). The maximum Gasteiger partial charge on any atom is 0.252 e. The van der Waals surface area contributed by atoms with Crippen LogP contribution in [0.1, 0.15) is 42.1 Å². The number of benzene rings is 1. The summed E-state index contributed by atoms with van der Waals surface area (Å²) in [7, 11) is 0. The third kappa shape index (κ3) is 4.03. The molecule has 3 heterocycles. The maximum atomic E-state index is 12.7. The lowest BCUT2D eigenvalue weighted by Gasteiger charge is -2.36. The Morgan fingerprint density at radius 1 is 1.28 bits per heavy atom. The SMILES string of the molecule is C[C@@H]1CCCCN1c1ccc(C(N)=O)cc1NC(=O)Cc1cnc2ncnn2c1. The molecule has 0 bridgehead atoms. The van der Waals surface area contributed by atoms with Gasteiger partial charge in [-0.05, 0) is 49.9 Å². The monoisotopic (exact) mass is 393 g/mol. The molecule has 29 heavy (non-hydrogen) atoms. The van der Waals surface area contributed by atoms with Crippen LogP contribution in [0.25, 0.3) is 5.78 Å². The summed E-state index contributed by atoms with van der Waals surface area (Å²) in [5.74, 6) is -0.261. The molecule has 1 aromatic carbocycles. The Morgan fingerprint density at radius 2 is 2.14 bits per heavy atom. The summed E-state index contributed by atoms with van der Waals surface area (Å²) in [4.78, 5) is 34.8. The number of aromatic nitrogens is 4. The Hall–Kier alpha value is -3.49. The highest BCUT2D eigenvalue weighted by Crippen LogP contribution is 2.32.